The maximum absolute atomic E-state index is 14.9. The lowest BCUT2D eigenvalue weighted by Crippen LogP contribution is -2.34. The summed E-state index contributed by atoms with van der Waals surface area (Å²) in [5.41, 5.74) is 1.96. The molecule has 38 heavy (non-hydrogen) atoms. The average molecular weight is 541 g/mol. The number of hydrogen-bond donors (Lipinski definition) is 3. The quantitative estimate of drug-likeness (QED) is 0.331. The van der Waals surface area contributed by atoms with Gasteiger partial charge in [0.2, 0.25) is 16.0 Å². The van der Waals surface area contributed by atoms with Crippen molar-refractivity contribution in [3.8, 4) is 0 Å². The Balaban J connectivity index is 1.52. The van der Waals surface area contributed by atoms with Gasteiger partial charge in [0.25, 0.3) is 0 Å². The van der Waals surface area contributed by atoms with E-state index < -0.39 is 20.6 Å². The van der Waals surface area contributed by atoms with Crippen molar-refractivity contribution in [3.63, 3.8) is 0 Å². The Morgan fingerprint density at radius 2 is 1.61 bits per heavy atom. The number of hydrogen-bond acceptors (Lipinski definition) is 7. The number of aryl methyl sites for hydroxylation is 1. The monoisotopic (exact) mass is 540 g/mol. The second-order valence-electron chi connectivity index (χ2n) is 10.00. The minimum Gasteiger partial charge on any atom is -0.358 e. The highest BCUT2D eigenvalue weighted by Gasteiger charge is 2.29. The fraction of sp³-hybridized carbons (Fsp3) is 0.259. The summed E-state index contributed by atoms with van der Waals surface area (Å²) >= 11 is 0. The Kier molecular flexibility index (Phi) is 7.41. The summed E-state index contributed by atoms with van der Waals surface area (Å²) in [6.07, 6.45) is 9.19. The van der Waals surface area contributed by atoms with Gasteiger partial charge in [-0.3, -0.25) is 4.72 Å². The summed E-state index contributed by atoms with van der Waals surface area (Å²) in [7, 11) is -1.92. The zero-order valence-corrected chi connectivity index (χ0v) is 22.6. The van der Waals surface area contributed by atoms with Crippen molar-refractivity contribution >= 4 is 38.9 Å². The van der Waals surface area contributed by atoms with Crippen LogP contribution in [0.15, 0.2) is 67.1 Å². The Labute approximate surface area is 221 Å². The van der Waals surface area contributed by atoms with Crippen molar-refractivity contribution in [2.75, 3.05) is 22.4 Å². The highest BCUT2D eigenvalue weighted by atomic mass is 32.2. The molecule has 11 heteroatoms. The third kappa shape index (κ3) is 6.10. The van der Waals surface area contributed by atoms with Crippen LogP contribution >= 0.6 is 0 Å². The predicted molar refractivity (Wildman–Crippen MR) is 147 cm³/mol. The second-order valence-corrected chi connectivity index (χ2v) is 12.4. The second kappa shape index (κ2) is 10.4. The summed E-state index contributed by atoms with van der Waals surface area (Å²) in [4.78, 5) is 10.6. The molecule has 0 saturated heterocycles. The molecule has 1 aliphatic heterocycles. The number of anilines is 5. The first-order valence-corrected chi connectivity index (χ1v) is 13.4. The minimum atomic E-state index is -3.82. The average Bonchev–Trinajstić information content (AvgIpc) is 2.83. The summed E-state index contributed by atoms with van der Waals surface area (Å²) < 4.78 is 55.4. The topological polar surface area (TPSA) is 99.2 Å². The molecule has 8 nitrogen and oxygen atoms in total. The molecule has 3 N–H and O–H groups in total. The largest absolute Gasteiger partial charge is 0.358 e. The Hall–Kier alpha value is -3.99. The minimum absolute atomic E-state index is 0.153. The van der Waals surface area contributed by atoms with Crippen LogP contribution < -0.4 is 15.4 Å². The van der Waals surface area contributed by atoms with Gasteiger partial charge in [0, 0.05) is 48.5 Å². The van der Waals surface area contributed by atoms with E-state index in [2.05, 4.69) is 25.3 Å². The smallest absolute Gasteiger partial charge is 0.237 e. The molecular weight excluding hydrogens is 510 g/mol. The van der Waals surface area contributed by atoms with E-state index in [1.807, 2.05) is 36.5 Å². The lowest BCUT2D eigenvalue weighted by atomic mass is 9.97. The number of nitrogens with one attached hydrogen (secondary N) is 3. The molecule has 0 radical (unpaired) electrons. The first kappa shape index (κ1) is 27.1. The molecule has 0 spiro atoms. The van der Waals surface area contributed by atoms with Gasteiger partial charge in [0.1, 0.15) is 17.5 Å². The molecule has 3 aromatic rings. The number of nitrogens with zero attached hydrogens (tertiary/aromatic N) is 3. The molecule has 0 amide bonds. The van der Waals surface area contributed by atoms with Crippen molar-refractivity contribution in [3.05, 3.63) is 89.9 Å². The van der Waals surface area contributed by atoms with Gasteiger partial charge in [-0.05, 0) is 63.6 Å². The van der Waals surface area contributed by atoms with E-state index in [1.54, 1.807) is 25.3 Å². The van der Waals surface area contributed by atoms with Crippen LogP contribution in [-0.4, -0.2) is 35.1 Å². The van der Waals surface area contributed by atoms with Crippen LogP contribution in [0.25, 0.3) is 0 Å². The van der Waals surface area contributed by atoms with E-state index in [0.717, 1.165) is 6.07 Å². The summed E-state index contributed by atoms with van der Waals surface area (Å²) in [6, 6.07) is 8.85. The van der Waals surface area contributed by atoms with E-state index in [-0.39, 0.29) is 23.4 Å². The molecule has 0 atom stereocenters. The van der Waals surface area contributed by atoms with Crippen LogP contribution in [0, 0.1) is 18.6 Å². The summed E-state index contributed by atoms with van der Waals surface area (Å²) in [5, 5.41) is 6.08. The number of aromatic nitrogens is 2. The van der Waals surface area contributed by atoms with E-state index in [9.17, 15) is 17.2 Å². The van der Waals surface area contributed by atoms with Gasteiger partial charge in [-0.25, -0.2) is 22.2 Å². The van der Waals surface area contributed by atoms with Gasteiger partial charge < -0.3 is 15.5 Å². The summed E-state index contributed by atoms with van der Waals surface area (Å²) in [5.74, 6) is -0.583. The lowest BCUT2D eigenvalue weighted by Gasteiger charge is -2.21. The highest BCUT2D eigenvalue weighted by Crippen LogP contribution is 2.29. The number of sulfonamides is 1. The van der Waals surface area contributed by atoms with Crippen molar-refractivity contribution in [2.24, 2.45) is 0 Å². The Bertz CT molecular complexity index is 1500. The first-order valence-electron chi connectivity index (χ1n) is 11.9. The van der Waals surface area contributed by atoms with Crippen LogP contribution in [0.1, 0.15) is 37.8 Å². The maximum atomic E-state index is 14.9. The van der Waals surface area contributed by atoms with Crippen LogP contribution in [0.2, 0.25) is 0 Å². The van der Waals surface area contributed by atoms with Crippen molar-refractivity contribution < 1.29 is 17.2 Å². The standard InChI is InChI=1S/C27H30F2N6O2S/c1-17-16-30-26(32-19-6-8-21(23(29)14-19)18-10-12-35(5)13-11-18)33-25(17)31-20-7-9-22(28)24(15-20)34-38(36,37)27(2,3)4/h6-16,18,34H,1-5H3,(H2,30,31,32,33). The Morgan fingerprint density at radius 3 is 2.26 bits per heavy atom. The molecule has 0 aliphatic carbocycles. The van der Waals surface area contributed by atoms with E-state index in [0.29, 0.717) is 28.3 Å². The van der Waals surface area contributed by atoms with Gasteiger partial charge >= 0.3 is 0 Å². The molecule has 200 valence electrons. The molecule has 1 aromatic heterocycles. The molecule has 2 heterocycles. The van der Waals surface area contributed by atoms with Crippen LogP contribution in [-0.2, 0) is 10.0 Å². The van der Waals surface area contributed by atoms with Gasteiger partial charge in [0.15, 0.2) is 0 Å². The van der Waals surface area contributed by atoms with Crippen LogP contribution in [0.5, 0.6) is 0 Å². The van der Waals surface area contributed by atoms with E-state index in [4.69, 9.17) is 0 Å². The normalized spacial score (nSPS) is 14.0. The number of halogens is 2. The van der Waals surface area contributed by atoms with Gasteiger partial charge in [-0.2, -0.15) is 4.98 Å². The number of benzene rings is 2. The zero-order chi connectivity index (χ0) is 27.7. The van der Waals surface area contributed by atoms with Gasteiger partial charge in [-0.1, -0.05) is 18.2 Å². The van der Waals surface area contributed by atoms with Crippen molar-refractivity contribution in [2.45, 2.75) is 38.4 Å². The summed E-state index contributed by atoms with van der Waals surface area (Å²) in [6.45, 7) is 6.36. The predicted octanol–water partition coefficient (Wildman–Crippen LogP) is 6.15. The molecule has 4 rings (SSSR count). The highest BCUT2D eigenvalue weighted by molar-refractivity contribution is 7.94. The molecule has 0 bridgehead atoms. The molecule has 0 saturated carbocycles. The van der Waals surface area contributed by atoms with E-state index >= 15 is 0 Å². The Morgan fingerprint density at radius 1 is 0.947 bits per heavy atom. The number of rotatable bonds is 7. The van der Waals surface area contributed by atoms with Crippen LogP contribution in [0.4, 0.5) is 37.6 Å². The zero-order valence-electron chi connectivity index (χ0n) is 21.8. The van der Waals surface area contributed by atoms with Gasteiger partial charge in [0.05, 0.1) is 10.4 Å². The number of allylic oxidation sites excluding steroid dienone is 2. The van der Waals surface area contributed by atoms with E-state index in [1.165, 1.54) is 39.0 Å². The molecule has 0 fully saturated rings. The first-order chi connectivity index (χ1) is 17.8. The lowest BCUT2D eigenvalue weighted by molar-refractivity contribution is 0.564. The third-order valence-corrected chi connectivity index (χ3v) is 8.03. The fourth-order valence-electron chi connectivity index (χ4n) is 3.53. The maximum Gasteiger partial charge on any atom is 0.237 e. The van der Waals surface area contributed by atoms with Gasteiger partial charge in [-0.15, -0.1) is 0 Å². The fourth-order valence-corrected chi connectivity index (χ4v) is 4.28. The SMILES string of the molecule is Cc1cnc(Nc2ccc(C3C=CN(C)C=C3)c(F)c2)nc1Nc1ccc(F)c(NS(=O)(=O)C(C)(C)C)c1. The molecule has 2 aromatic carbocycles. The van der Waals surface area contributed by atoms with Crippen molar-refractivity contribution in [1.82, 2.24) is 14.9 Å². The third-order valence-electron chi connectivity index (χ3n) is 5.92. The van der Waals surface area contributed by atoms with Crippen molar-refractivity contribution in [1.29, 1.82) is 0 Å². The molecule has 1 aliphatic rings. The molecular formula is C27H30F2N6O2S. The van der Waals surface area contributed by atoms with Crippen LogP contribution in [0.3, 0.4) is 0 Å². The molecule has 0 unspecified atom stereocenters.